The molecule has 0 saturated carbocycles. The van der Waals surface area contributed by atoms with Crippen LogP contribution in [0, 0.1) is 0 Å². The van der Waals surface area contributed by atoms with E-state index < -0.39 is 0 Å². The molecule has 0 radical (unpaired) electrons. The molecular formula is C13H14O. The molecule has 0 aromatic heterocycles. The van der Waals surface area contributed by atoms with Gasteiger partial charge in [-0.15, -0.1) is 0 Å². The molecule has 0 fully saturated rings. The molecule has 14 heavy (non-hydrogen) atoms. The number of hydrogen-bond donors (Lipinski definition) is 0. The lowest BCUT2D eigenvalue weighted by Gasteiger charge is -2.13. The molecule has 3 aliphatic rings. The fraction of sp³-hybridized carbons (Fsp3) is 0.462. The van der Waals surface area contributed by atoms with E-state index in [1.54, 1.807) is 0 Å². The van der Waals surface area contributed by atoms with E-state index in [2.05, 4.69) is 12.2 Å². The van der Waals surface area contributed by atoms with Gasteiger partial charge in [0, 0.05) is 11.1 Å². The molecule has 0 unspecified atom stereocenters. The van der Waals surface area contributed by atoms with E-state index in [1.807, 2.05) is 0 Å². The molecule has 0 aliphatic heterocycles. The summed E-state index contributed by atoms with van der Waals surface area (Å²) in [4.78, 5) is 12.0. The van der Waals surface area contributed by atoms with Gasteiger partial charge in [-0.05, 0) is 49.7 Å². The lowest BCUT2D eigenvalue weighted by Crippen LogP contribution is -2.03. The Kier molecular flexibility index (Phi) is 1.73. The molecule has 3 aliphatic carbocycles. The Hall–Kier alpha value is -1.11. The first-order chi connectivity index (χ1) is 6.88. The van der Waals surface area contributed by atoms with E-state index in [0.717, 1.165) is 36.8 Å². The van der Waals surface area contributed by atoms with Gasteiger partial charge in [-0.2, -0.15) is 0 Å². The summed E-state index contributed by atoms with van der Waals surface area (Å²) in [6.07, 6.45) is 11.2. The van der Waals surface area contributed by atoms with Gasteiger partial charge in [-0.3, -0.25) is 4.79 Å². The van der Waals surface area contributed by atoms with Crippen molar-refractivity contribution < 1.29 is 4.79 Å². The van der Waals surface area contributed by atoms with Gasteiger partial charge in [0.15, 0.2) is 5.78 Å². The standard InChI is InChI=1S/C13H14O/c14-13-11-7-3-1-5-9(11)10-6-2-4-8-12(10)13/h7-8H,1-6H2. The largest absolute Gasteiger partial charge is 0.289 e. The van der Waals surface area contributed by atoms with Crippen molar-refractivity contribution in [1.82, 2.24) is 0 Å². The van der Waals surface area contributed by atoms with Crippen LogP contribution in [-0.4, -0.2) is 5.78 Å². The highest BCUT2D eigenvalue weighted by atomic mass is 16.1. The molecular weight excluding hydrogens is 172 g/mol. The zero-order chi connectivity index (χ0) is 9.54. The van der Waals surface area contributed by atoms with E-state index in [-0.39, 0.29) is 0 Å². The SMILES string of the molecule is O=C1C2=CCCCC2=C2CCCC=C12. The third kappa shape index (κ3) is 0.985. The number of rotatable bonds is 0. The fourth-order valence-corrected chi connectivity index (χ4v) is 2.80. The third-order valence-electron chi connectivity index (χ3n) is 3.46. The van der Waals surface area contributed by atoms with Crippen LogP contribution in [0.15, 0.2) is 34.4 Å². The van der Waals surface area contributed by atoms with Gasteiger partial charge in [0.05, 0.1) is 0 Å². The lowest BCUT2D eigenvalue weighted by atomic mass is 9.91. The molecule has 72 valence electrons. The van der Waals surface area contributed by atoms with E-state index in [9.17, 15) is 4.79 Å². The van der Waals surface area contributed by atoms with Crippen LogP contribution in [0.4, 0.5) is 0 Å². The monoisotopic (exact) mass is 186 g/mol. The Morgan fingerprint density at radius 2 is 1.36 bits per heavy atom. The van der Waals surface area contributed by atoms with Crippen molar-refractivity contribution in [3.05, 3.63) is 34.4 Å². The van der Waals surface area contributed by atoms with Crippen molar-refractivity contribution in [2.75, 3.05) is 0 Å². The van der Waals surface area contributed by atoms with Crippen LogP contribution in [0.3, 0.4) is 0 Å². The number of Topliss-reactive ketones (excluding diaryl/α,β-unsaturated/α-hetero) is 1. The van der Waals surface area contributed by atoms with Crippen molar-refractivity contribution >= 4 is 5.78 Å². The number of fused-ring (bicyclic) bond motifs is 2. The molecule has 0 aromatic rings. The smallest absolute Gasteiger partial charge is 0.192 e. The number of hydrogen-bond acceptors (Lipinski definition) is 1. The predicted octanol–water partition coefficient (Wildman–Crippen LogP) is 3.09. The third-order valence-corrected chi connectivity index (χ3v) is 3.46. The summed E-state index contributed by atoms with van der Waals surface area (Å²) in [5.41, 5.74) is 4.85. The van der Waals surface area contributed by atoms with E-state index in [0.29, 0.717) is 5.78 Å². The Bertz CT molecular complexity index is 357. The zero-order valence-corrected chi connectivity index (χ0v) is 8.31. The molecule has 0 N–H and O–H groups in total. The molecule has 1 nitrogen and oxygen atoms in total. The minimum atomic E-state index is 0.314. The predicted molar refractivity (Wildman–Crippen MR) is 55.9 cm³/mol. The maximum Gasteiger partial charge on any atom is 0.192 e. The van der Waals surface area contributed by atoms with Crippen LogP contribution in [0.2, 0.25) is 0 Å². The highest BCUT2D eigenvalue weighted by Crippen LogP contribution is 2.42. The maximum absolute atomic E-state index is 12.0. The molecule has 1 heteroatoms. The topological polar surface area (TPSA) is 17.1 Å². The number of carbonyl (C=O) groups excluding carboxylic acids is 1. The van der Waals surface area contributed by atoms with Crippen molar-refractivity contribution in [1.29, 1.82) is 0 Å². The summed E-state index contributed by atoms with van der Waals surface area (Å²) in [5.74, 6) is 0.314. The van der Waals surface area contributed by atoms with Crippen LogP contribution < -0.4 is 0 Å². The maximum atomic E-state index is 12.0. The summed E-state index contributed by atoms with van der Waals surface area (Å²) in [6.45, 7) is 0. The minimum absolute atomic E-state index is 0.314. The Labute approximate surface area is 84.2 Å². The number of carbonyl (C=O) groups is 1. The van der Waals surface area contributed by atoms with Crippen LogP contribution >= 0.6 is 0 Å². The van der Waals surface area contributed by atoms with Crippen molar-refractivity contribution in [2.45, 2.75) is 38.5 Å². The quantitative estimate of drug-likeness (QED) is 0.568. The average Bonchev–Trinajstić information content (AvgIpc) is 2.55. The molecule has 0 amide bonds. The molecule has 0 saturated heterocycles. The number of allylic oxidation sites excluding steroid dienone is 6. The van der Waals surface area contributed by atoms with Crippen molar-refractivity contribution in [3.8, 4) is 0 Å². The Morgan fingerprint density at radius 3 is 1.86 bits per heavy atom. The second-order valence-electron chi connectivity index (χ2n) is 4.31. The van der Waals surface area contributed by atoms with Crippen LogP contribution in [0.1, 0.15) is 38.5 Å². The normalized spacial score (nSPS) is 25.6. The average molecular weight is 186 g/mol. The highest BCUT2D eigenvalue weighted by Gasteiger charge is 2.33. The van der Waals surface area contributed by atoms with Crippen molar-refractivity contribution in [3.63, 3.8) is 0 Å². The van der Waals surface area contributed by atoms with Gasteiger partial charge < -0.3 is 0 Å². The van der Waals surface area contributed by atoms with E-state index in [1.165, 1.54) is 24.0 Å². The fourth-order valence-electron chi connectivity index (χ4n) is 2.80. The van der Waals surface area contributed by atoms with Gasteiger partial charge in [0.1, 0.15) is 0 Å². The minimum Gasteiger partial charge on any atom is -0.289 e. The molecule has 0 aromatic carbocycles. The summed E-state index contributed by atoms with van der Waals surface area (Å²) >= 11 is 0. The van der Waals surface area contributed by atoms with Gasteiger partial charge in [-0.1, -0.05) is 12.2 Å². The van der Waals surface area contributed by atoms with Gasteiger partial charge in [0.25, 0.3) is 0 Å². The second-order valence-corrected chi connectivity index (χ2v) is 4.31. The second kappa shape index (κ2) is 2.94. The molecule has 0 atom stereocenters. The first-order valence-corrected chi connectivity index (χ1v) is 5.56. The van der Waals surface area contributed by atoms with Gasteiger partial charge in [0.2, 0.25) is 0 Å². The molecule has 0 spiro atoms. The molecule has 0 bridgehead atoms. The van der Waals surface area contributed by atoms with Crippen LogP contribution in [0.25, 0.3) is 0 Å². The van der Waals surface area contributed by atoms with Gasteiger partial charge in [-0.25, -0.2) is 0 Å². The number of ketones is 1. The summed E-state index contributed by atoms with van der Waals surface area (Å²) in [6, 6.07) is 0. The first kappa shape index (κ1) is 8.22. The summed E-state index contributed by atoms with van der Waals surface area (Å²) in [5, 5.41) is 0. The van der Waals surface area contributed by atoms with E-state index >= 15 is 0 Å². The van der Waals surface area contributed by atoms with Crippen LogP contribution in [-0.2, 0) is 4.79 Å². The summed E-state index contributed by atoms with van der Waals surface area (Å²) in [7, 11) is 0. The van der Waals surface area contributed by atoms with E-state index in [4.69, 9.17) is 0 Å². The van der Waals surface area contributed by atoms with Gasteiger partial charge >= 0.3 is 0 Å². The first-order valence-electron chi connectivity index (χ1n) is 5.56. The molecule has 0 heterocycles. The Morgan fingerprint density at radius 1 is 0.857 bits per heavy atom. The lowest BCUT2D eigenvalue weighted by molar-refractivity contribution is -0.111. The van der Waals surface area contributed by atoms with Crippen LogP contribution in [0.5, 0.6) is 0 Å². The Balaban J connectivity index is 2.19. The highest BCUT2D eigenvalue weighted by molar-refractivity contribution is 6.18. The molecule has 3 rings (SSSR count). The zero-order valence-electron chi connectivity index (χ0n) is 8.31. The summed E-state index contributed by atoms with van der Waals surface area (Å²) < 4.78 is 0. The van der Waals surface area contributed by atoms with Crippen molar-refractivity contribution in [2.24, 2.45) is 0 Å².